The first-order valence-electron chi connectivity index (χ1n) is 7.11. The molecule has 0 aliphatic heterocycles. The Labute approximate surface area is 143 Å². The van der Waals surface area contributed by atoms with Gasteiger partial charge in [-0.3, -0.25) is 10.1 Å². The van der Waals surface area contributed by atoms with Gasteiger partial charge < -0.3 is 15.4 Å². The van der Waals surface area contributed by atoms with Crippen molar-refractivity contribution in [2.24, 2.45) is 5.73 Å². The summed E-state index contributed by atoms with van der Waals surface area (Å²) in [7, 11) is 3.18. The Hall–Kier alpha value is -2.87. The molecule has 2 aromatic rings. The molecule has 0 aliphatic carbocycles. The SMILES string of the molecule is CN(C)C(=O)Nc1snc(OC/C=C/c2ccccc2)c1C(N)=O. The number of primary amides is 1. The first-order chi connectivity index (χ1) is 11.5. The van der Waals surface area contributed by atoms with E-state index in [0.29, 0.717) is 0 Å². The van der Waals surface area contributed by atoms with Gasteiger partial charge in [-0.15, -0.1) is 0 Å². The minimum Gasteiger partial charge on any atom is -0.472 e. The molecule has 24 heavy (non-hydrogen) atoms. The van der Waals surface area contributed by atoms with Crippen LogP contribution in [-0.4, -0.2) is 41.9 Å². The predicted octanol–water partition coefficient (Wildman–Crippen LogP) is 2.43. The maximum Gasteiger partial charge on any atom is 0.321 e. The zero-order chi connectivity index (χ0) is 17.5. The Morgan fingerprint density at radius 2 is 2.04 bits per heavy atom. The summed E-state index contributed by atoms with van der Waals surface area (Å²) < 4.78 is 9.54. The van der Waals surface area contributed by atoms with Crippen molar-refractivity contribution in [1.29, 1.82) is 0 Å². The summed E-state index contributed by atoms with van der Waals surface area (Å²) in [5, 5.41) is 2.84. The zero-order valence-electron chi connectivity index (χ0n) is 13.4. The number of ether oxygens (including phenoxy) is 1. The summed E-state index contributed by atoms with van der Waals surface area (Å²) in [6.45, 7) is 0.222. The summed E-state index contributed by atoms with van der Waals surface area (Å²) >= 11 is 0.946. The molecule has 0 fully saturated rings. The van der Waals surface area contributed by atoms with E-state index in [1.807, 2.05) is 36.4 Å². The topological polar surface area (TPSA) is 97.6 Å². The molecule has 0 radical (unpaired) electrons. The van der Waals surface area contributed by atoms with Crippen molar-refractivity contribution < 1.29 is 14.3 Å². The average molecular weight is 346 g/mol. The van der Waals surface area contributed by atoms with Crippen LogP contribution in [0.1, 0.15) is 15.9 Å². The third-order valence-electron chi connectivity index (χ3n) is 2.96. The minimum absolute atomic E-state index is 0.0725. The highest BCUT2D eigenvalue weighted by Gasteiger charge is 2.22. The van der Waals surface area contributed by atoms with E-state index >= 15 is 0 Å². The molecule has 0 aliphatic rings. The van der Waals surface area contributed by atoms with Crippen LogP contribution in [0.4, 0.5) is 9.80 Å². The van der Waals surface area contributed by atoms with E-state index in [4.69, 9.17) is 10.5 Å². The van der Waals surface area contributed by atoms with Gasteiger partial charge in [0.2, 0.25) is 5.88 Å². The lowest BCUT2D eigenvalue weighted by Crippen LogP contribution is -2.28. The van der Waals surface area contributed by atoms with Crippen LogP contribution in [0.3, 0.4) is 0 Å². The molecule has 1 heterocycles. The first kappa shape index (κ1) is 17.5. The van der Waals surface area contributed by atoms with Crippen molar-refractivity contribution in [2.75, 3.05) is 26.0 Å². The Balaban J connectivity index is 2.05. The average Bonchev–Trinajstić information content (AvgIpc) is 2.95. The molecular formula is C16H18N4O3S. The number of aromatic nitrogens is 1. The molecule has 0 spiro atoms. The molecule has 7 nitrogen and oxygen atoms in total. The summed E-state index contributed by atoms with van der Waals surface area (Å²) in [5.41, 5.74) is 6.48. The Morgan fingerprint density at radius 1 is 1.33 bits per heavy atom. The number of urea groups is 1. The van der Waals surface area contributed by atoms with Crippen molar-refractivity contribution in [3.63, 3.8) is 0 Å². The van der Waals surface area contributed by atoms with Crippen molar-refractivity contribution in [3.05, 3.63) is 47.5 Å². The number of nitrogens with one attached hydrogen (secondary N) is 1. The second kappa shape index (κ2) is 8.11. The molecule has 0 atom stereocenters. The lowest BCUT2D eigenvalue weighted by Gasteiger charge is -2.11. The van der Waals surface area contributed by atoms with E-state index in [2.05, 4.69) is 9.69 Å². The van der Waals surface area contributed by atoms with Crippen molar-refractivity contribution in [3.8, 4) is 5.88 Å². The van der Waals surface area contributed by atoms with Gasteiger partial charge in [0.1, 0.15) is 17.2 Å². The van der Waals surface area contributed by atoms with Crippen LogP contribution >= 0.6 is 11.5 Å². The van der Waals surface area contributed by atoms with Crippen LogP contribution < -0.4 is 15.8 Å². The number of carbonyl (C=O) groups excluding carboxylic acids is 2. The van der Waals surface area contributed by atoms with E-state index < -0.39 is 5.91 Å². The van der Waals surface area contributed by atoms with E-state index in [1.165, 1.54) is 4.90 Å². The van der Waals surface area contributed by atoms with Crippen molar-refractivity contribution in [2.45, 2.75) is 0 Å². The summed E-state index contributed by atoms with van der Waals surface area (Å²) in [4.78, 5) is 24.7. The smallest absolute Gasteiger partial charge is 0.321 e. The number of nitrogens with two attached hydrogens (primary N) is 1. The van der Waals surface area contributed by atoms with E-state index in [9.17, 15) is 9.59 Å². The standard InChI is InChI=1S/C16H18N4O3S/c1-20(2)16(22)18-15-12(13(17)21)14(19-24-15)23-10-6-9-11-7-4-3-5-8-11/h3-9H,10H2,1-2H3,(H2,17,21)(H,18,22)/b9-6+. The molecule has 1 aromatic heterocycles. The number of anilines is 1. The normalized spacial score (nSPS) is 10.6. The number of amides is 3. The molecule has 126 valence electrons. The van der Waals surface area contributed by atoms with Gasteiger partial charge in [0.25, 0.3) is 5.91 Å². The number of hydrogen-bond acceptors (Lipinski definition) is 5. The van der Waals surface area contributed by atoms with Gasteiger partial charge in [-0.2, -0.15) is 4.37 Å². The number of benzene rings is 1. The third-order valence-corrected chi connectivity index (χ3v) is 3.71. The number of nitrogens with zero attached hydrogens (tertiary/aromatic N) is 2. The van der Waals surface area contributed by atoms with Gasteiger partial charge in [-0.25, -0.2) is 4.79 Å². The second-order valence-corrected chi connectivity index (χ2v) is 5.78. The van der Waals surface area contributed by atoms with Crippen LogP contribution in [0.15, 0.2) is 36.4 Å². The van der Waals surface area contributed by atoms with Crippen molar-refractivity contribution >= 4 is 34.5 Å². The lowest BCUT2D eigenvalue weighted by atomic mass is 10.2. The number of rotatable bonds is 6. The fourth-order valence-electron chi connectivity index (χ4n) is 1.76. The third kappa shape index (κ3) is 4.56. The van der Waals surface area contributed by atoms with Gasteiger partial charge in [0.15, 0.2) is 0 Å². The molecule has 1 aromatic carbocycles. The largest absolute Gasteiger partial charge is 0.472 e. The monoisotopic (exact) mass is 346 g/mol. The number of carbonyl (C=O) groups is 2. The van der Waals surface area contributed by atoms with Gasteiger partial charge >= 0.3 is 6.03 Å². The fourth-order valence-corrected chi connectivity index (χ4v) is 2.49. The van der Waals surface area contributed by atoms with Crippen LogP contribution in [0.25, 0.3) is 6.08 Å². The Morgan fingerprint density at radius 3 is 2.67 bits per heavy atom. The maximum atomic E-state index is 11.7. The summed E-state index contributed by atoms with van der Waals surface area (Å²) in [6.07, 6.45) is 3.70. The van der Waals surface area contributed by atoms with Gasteiger partial charge in [0.05, 0.1) is 0 Å². The minimum atomic E-state index is -0.708. The molecule has 0 saturated heterocycles. The molecule has 3 N–H and O–H groups in total. The lowest BCUT2D eigenvalue weighted by molar-refractivity contribution is 0.0997. The predicted molar refractivity (Wildman–Crippen MR) is 94.3 cm³/mol. The summed E-state index contributed by atoms with van der Waals surface area (Å²) in [5.74, 6) is -0.598. The molecule has 0 saturated carbocycles. The molecule has 2 rings (SSSR count). The molecular weight excluding hydrogens is 328 g/mol. The number of hydrogen-bond donors (Lipinski definition) is 2. The molecule has 3 amide bonds. The second-order valence-electron chi connectivity index (χ2n) is 5.00. The van der Waals surface area contributed by atoms with Gasteiger partial charge in [-0.05, 0) is 23.2 Å². The quantitative estimate of drug-likeness (QED) is 0.839. The fraction of sp³-hybridized carbons (Fsp3) is 0.188. The molecule has 0 bridgehead atoms. The van der Waals surface area contributed by atoms with Crippen LogP contribution in [0.2, 0.25) is 0 Å². The maximum absolute atomic E-state index is 11.7. The van der Waals surface area contributed by atoms with Crippen LogP contribution in [0, 0.1) is 0 Å². The molecule has 0 unspecified atom stereocenters. The summed E-state index contributed by atoms with van der Waals surface area (Å²) in [6, 6.07) is 9.35. The Bertz CT molecular complexity index is 741. The Kier molecular flexibility index (Phi) is 5.91. The zero-order valence-corrected chi connectivity index (χ0v) is 14.2. The van der Waals surface area contributed by atoms with Crippen molar-refractivity contribution in [1.82, 2.24) is 9.27 Å². The highest BCUT2D eigenvalue weighted by atomic mass is 32.1. The van der Waals surface area contributed by atoms with Crippen LogP contribution in [0.5, 0.6) is 5.88 Å². The van der Waals surface area contributed by atoms with E-state index in [1.54, 1.807) is 20.2 Å². The highest BCUT2D eigenvalue weighted by Crippen LogP contribution is 2.30. The molecule has 8 heteroatoms. The van der Waals surface area contributed by atoms with Gasteiger partial charge in [-0.1, -0.05) is 36.4 Å². The van der Waals surface area contributed by atoms with E-state index in [-0.39, 0.29) is 29.1 Å². The van der Waals surface area contributed by atoms with Gasteiger partial charge in [0, 0.05) is 14.1 Å². The highest BCUT2D eigenvalue weighted by molar-refractivity contribution is 7.11. The van der Waals surface area contributed by atoms with E-state index in [0.717, 1.165) is 17.1 Å². The first-order valence-corrected chi connectivity index (χ1v) is 7.88. The van der Waals surface area contributed by atoms with Crippen LogP contribution in [-0.2, 0) is 0 Å².